The molecule has 0 unspecified atom stereocenters. The van der Waals surface area contributed by atoms with Crippen LogP contribution in [0.25, 0.3) is 0 Å². The standard InChI is InChI=1S/C13H17BrN4O/c1-10(2)18-8-11(14)7-12(18)13(19)16-4-6-17-5-3-15-9-17/h3,5,7-10H,4,6H2,1-2H3,(H,16,19). The minimum Gasteiger partial charge on any atom is -0.349 e. The molecule has 0 radical (unpaired) electrons. The van der Waals surface area contributed by atoms with E-state index in [0.717, 1.165) is 11.0 Å². The van der Waals surface area contributed by atoms with Gasteiger partial charge < -0.3 is 14.5 Å². The highest BCUT2D eigenvalue weighted by molar-refractivity contribution is 9.10. The highest BCUT2D eigenvalue weighted by Crippen LogP contribution is 2.19. The second-order valence-corrected chi connectivity index (χ2v) is 5.52. The predicted octanol–water partition coefficient (Wildman–Crippen LogP) is 2.46. The van der Waals surface area contributed by atoms with Gasteiger partial charge in [-0.25, -0.2) is 4.98 Å². The zero-order chi connectivity index (χ0) is 13.8. The van der Waals surface area contributed by atoms with Gasteiger partial charge in [0.25, 0.3) is 5.91 Å². The molecule has 2 rings (SSSR count). The van der Waals surface area contributed by atoms with E-state index < -0.39 is 0 Å². The van der Waals surface area contributed by atoms with Gasteiger partial charge in [-0.2, -0.15) is 0 Å². The molecule has 1 amide bonds. The first-order valence-electron chi connectivity index (χ1n) is 6.19. The highest BCUT2D eigenvalue weighted by atomic mass is 79.9. The summed E-state index contributed by atoms with van der Waals surface area (Å²) in [4.78, 5) is 16.1. The first-order chi connectivity index (χ1) is 9.08. The summed E-state index contributed by atoms with van der Waals surface area (Å²) in [7, 11) is 0. The van der Waals surface area contributed by atoms with Crippen molar-refractivity contribution in [2.24, 2.45) is 0 Å². The van der Waals surface area contributed by atoms with Gasteiger partial charge in [0.05, 0.1) is 6.33 Å². The average molecular weight is 325 g/mol. The van der Waals surface area contributed by atoms with Crippen molar-refractivity contribution >= 4 is 21.8 Å². The molecule has 0 fully saturated rings. The minimum absolute atomic E-state index is 0.0560. The number of nitrogens with one attached hydrogen (secondary N) is 1. The zero-order valence-electron chi connectivity index (χ0n) is 11.0. The molecule has 2 aromatic rings. The van der Waals surface area contributed by atoms with E-state index in [1.54, 1.807) is 12.5 Å². The van der Waals surface area contributed by atoms with Gasteiger partial charge in [0.2, 0.25) is 0 Å². The van der Waals surface area contributed by atoms with E-state index in [-0.39, 0.29) is 11.9 Å². The van der Waals surface area contributed by atoms with Crippen molar-refractivity contribution in [3.8, 4) is 0 Å². The van der Waals surface area contributed by atoms with E-state index in [1.165, 1.54) is 0 Å². The van der Waals surface area contributed by atoms with Crippen LogP contribution in [0.3, 0.4) is 0 Å². The molecule has 0 aromatic carbocycles. The molecular formula is C13H17BrN4O. The van der Waals surface area contributed by atoms with Crippen molar-refractivity contribution in [2.45, 2.75) is 26.4 Å². The Morgan fingerprint density at radius 1 is 1.53 bits per heavy atom. The number of hydrogen-bond acceptors (Lipinski definition) is 2. The van der Waals surface area contributed by atoms with E-state index >= 15 is 0 Å². The van der Waals surface area contributed by atoms with Gasteiger partial charge in [0, 0.05) is 42.2 Å². The molecule has 0 aliphatic rings. The summed E-state index contributed by atoms with van der Waals surface area (Å²) in [6, 6.07) is 2.09. The zero-order valence-corrected chi connectivity index (χ0v) is 12.6. The lowest BCUT2D eigenvalue weighted by atomic mass is 10.3. The number of hydrogen-bond donors (Lipinski definition) is 1. The third-order valence-electron chi connectivity index (χ3n) is 2.82. The monoisotopic (exact) mass is 324 g/mol. The molecule has 0 saturated carbocycles. The van der Waals surface area contributed by atoms with Crippen LogP contribution in [0, 0.1) is 0 Å². The maximum atomic E-state index is 12.1. The molecule has 1 N–H and O–H groups in total. The van der Waals surface area contributed by atoms with Gasteiger partial charge in [0.15, 0.2) is 0 Å². The number of amides is 1. The maximum absolute atomic E-state index is 12.1. The summed E-state index contributed by atoms with van der Waals surface area (Å²) >= 11 is 3.41. The van der Waals surface area contributed by atoms with Gasteiger partial charge in [-0.15, -0.1) is 0 Å². The topological polar surface area (TPSA) is 51.9 Å². The Bertz CT molecular complexity index is 545. The maximum Gasteiger partial charge on any atom is 0.268 e. The van der Waals surface area contributed by atoms with Crippen LogP contribution in [0.1, 0.15) is 30.4 Å². The number of carbonyl (C=O) groups excluding carboxylic acids is 1. The van der Waals surface area contributed by atoms with E-state index in [0.29, 0.717) is 12.2 Å². The first-order valence-corrected chi connectivity index (χ1v) is 6.98. The van der Waals surface area contributed by atoms with Crippen LogP contribution in [0.4, 0.5) is 0 Å². The Morgan fingerprint density at radius 3 is 2.95 bits per heavy atom. The van der Waals surface area contributed by atoms with Crippen LogP contribution in [-0.2, 0) is 6.54 Å². The first kappa shape index (κ1) is 13.9. The molecule has 0 aliphatic carbocycles. The van der Waals surface area contributed by atoms with E-state index in [2.05, 4.69) is 40.1 Å². The third-order valence-corrected chi connectivity index (χ3v) is 3.25. The summed E-state index contributed by atoms with van der Waals surface area (Å²) in [6.07, 6.45) is 7.26. The molecule has 0 bridgehead atoms. The Hall–Kier alpha value is -1.56. The highest BCUT2D eigenvalue weighted by Gasteiger charge is 2.14. The number of halogens is 1. The number of carbonyl (C=O) groups is 1. The predicted molar refractivity (Wildman–Crippen MR) is 77.1 cm³/mol. The van der Waals surface area contributed by atoms with Crippen molar-refractivity contribution in [2.75, 3.05) is 6.54 Å². The third kappa shape index (κ3) is 3.47. The molecule has 0 spiro atoms. The van der Waals surface area contributed by atoms with Crippen LogP contribution < -0.4 is 5.32 Å². The molecule has 102 valence electrons. The molecular weight excluding hydrogens is 308 g/mol. The summed E-state index contributed by atoms with van der Waals surface area (Å²) in [6.45, 7) is 5.40. The number of nitrogens with zero attached hydrogens (tertiary/aromatic N) is 3. The average Bonchev–Trinajstić information content (AvgIpc) is 2.98. The number of rotatable bonds is 5. The summed E-state index contributed by atoms with van der Waals surface area (Å²) in [5.41, 5.74) is 0.674. The SMILES string of the molecule is CC(C)n1cc(Br)cc1C(=O)NCCn1ccnc1. The van der Waals surface area contributed by atoms with Gasteiger partial charge in [-0.05, 0) is 35.8 Å². The smallest absolute Gasteiger partial charge is 0.268 e. The number of imidazole rings is 1. The molecule has 0 aliphatic heterocycles. The lowest BCUT2D eigenvalue weighted by molar-refractivity contribution is 0.0941. The van der Waals surface area contributed by atoms with Crippen LogP contribution in [0.15, 0.2) is 35.5 Å². The Labute approximate surface area is 120 Å². The molecule has 0 saturated heterocycles. The van der Waals surface area contributed by atoms with Crippen LogP contribution in [0.5, 0.6) is 0 Å². The molecule has 2 heterocycles. The van der Waals surface area contributed by atoms with Crippen molar-refractivity contribution in [1.82, 2.24) is 19.4 Å². The van der Waals surface area contributed by atoms with Crippen molar-refractivity contribution in [3.63, 3.8) is 0 Å². The van der Waals surface area contributed by atoms with E-state index in [1.807, 2.05) is 27.6 Å². The van der Waals surface area contributed by atoms with Gasteiger partial charge in [-0.3, -0.25) is 4.79 Å². The molecule has 0 atom stereocenters. The van der Waals surface area contributed by atoms with Crippen molar-refractivity contribution in [3.05, 3.63) is 41.2 Å². The fourth-order valence-corrected chi connectivity index (χ4v) is 2.30. The lowest BCUT2D eigenvalue weighted by Gasteiger charge is -2.12. The summed E-state index contributed by atoms with van der Waals surface area (Å²) in [5.74, 6) is -0.0560. The van der Waals surface area contributed by atoms with Crippen molar-refractivity contribution in [1.29, 1.82) is 0 Å². The van der Waals surface area contributed by atoms with E-state index in [9.17, 15) is 4.79 Å². The molecule has 2 aromatic heterocycles. The Morgan fingerprint density at radius 2 is 2.32 bits per heavy atom. The van der Waals surface area contributed by atoms with E-state index in [4.69, 9.17) is 0 Å². The number of aromatic nitrogens is 3. The van der Waals surface area contributed by atoms with Crippen LogP contribution >= 0.6 is 15.9 Å². The largest absolute Gasteiger partial charge is 0.349 e. The van der Waals surface area contributed by atoms with Crippen LogP contribution in [0.2, 0.25) is 0 Å². The van der Waals surface area contributed by atoms with Crippen LogP contribution in [-0.4, -0.2) is 26.6 Å². The lowest BCUT2D eigenvalue weighted by Crippen LogP contribution is -2.29. The molecule has 19 heavy (non-hydrogen) atoms. The van der Waals surface area contributed by atoms with Gasteiger partial charge in [-0.1, -0.05) is 0 Å². The van der Waals surface area contributed by atoms with Gasteiger partial charge >= 0.3 is 0 Å². The Kier molecular flexibility index (Phi) is 4.42. The van der Waals surface area contributed by atoms with Gasteiger partial charge in [0.1, 0.15) is 5.69 Å². The summed E-state index contributed by atoms with van der Waals surface area (Å²) in [5, 5.41) is 2.92. The van der Waals surface area contributed by atoms with Crippen molar-refractivity contribution < 1.29 is 4.79 Å². The summed E-state index contributed by atoms with van der Waals surface area (Å²) < 4.78 is 4.80. The fraction of sp³-hybridized carbons (Fsp3) is 0.385. The quantitative estimate of drug-likeness (QED) is 0.918. The normalized spacial score (nSPS) is 10.9. The molecule has 6 heteroatoms. The minimum atomic E-state index is -0.0560. The second kappa shape index (κ2) is 6.06. The fourth-order valence-electron chi connectivity index (χ4n) is 1.86. The second-order valence-electron chi connectivity index (χ2n) is 4.60. The molecule has 5 nitrogen and oxygen atoms in total. The Balaban J connectivity index is 1.96.